The Bertz CT molecular complexity index is 648. The summed E-state index contributed by atoms with van der Waals surface area (Å²) >= 11 is 0.631. The molecule has 0 saturated carbocycles. The molecule has 0 atom stereocenters. The molecule has 0 aliphatic rings. The molecule has 0 fully saturated rings. The zero-order valence-electron chi connectivity index (χ0n) is 11.9. The zero-order chi connectivity index (χ0) is 16.1. The van der Waals surface area contributed by atoms with Crippen molar-refractivity contribution in [2.45, 2.75) is 13.0 Å². The number of hydrogen-bond acceptors (Lipinski definition) is 6. The number of carbonyl (C=O) groups is 1. The molecule has 2 aromatic heterocycles. The monoisotopic (exact) mass is 328 g/mol. The van der Waals surface area contributed by atoms with Crippen molar-refractivity contribution in [1.82, 2.24) is 20.5 Å². The van der Waals surface area contributed by atoms with Crippen LogP contribution in [0.15, 0.2) is 18.2 Å². The van der Waals surface area contributed by atoms with Gasteiger partial charge in [0.25, 0.3) is 6.43 Å². The lowest BCUT2D eigenvalue weighted by atomic mass is 10.3. The molecule has 118 valence electrons. The van der Waals surface area contributed by atoms with Gasteiger partial charge < -0.3 is 10.2 Å². The molecule has 0 aliphatic carbocycles. The minimum absolute atomic E-state index is 0.0165. The summed E-state index contributed by atoms with van der Waals surface area (Å²) in [7, 11) is 3.73. The third-order valence-corrected chi connectivity index (χ3v) is 3.37. The highest BCUT2D eigenvalue weighted by Crippen LogP contribution is 2.24. The highest BCUT2D eigenvalue weighted by atomic mass is 32.1. The standard InChI is InChI=1S/C12H14F2N6OS/c1-20(2)8-5-3-4-7(16-8)6-15-11(21)17-12-19-18-10(22-12)9(13)14/h3-5,9H,6H2,1-2H3,(H2,15,17,19,21). The van der Waals surface area contributed by atoms with Gasteiger partial charge in [0.1, 0.15) is 5.82 Å². The Hall–Kier alpha value is -2.36. The first-order valence-corrected chi connectivity index (χ1v) is 7.07. The van der Waals surface area contributed by atoms with E-state index >= 15 is 0 Å². The lowest BCUT2D eigenvalue weighted by molar-refractivity contribution is 0.150. The molecule has 0 radical (unpaired) electrons. The summed E-state index contributed by atoms with van der Waals surface area (Å²) < 4.78 is 24.7. The molecule has 0 saturated heterocycles. The summed E-state index contributed by atoms with van der Waals surface area (Å²) in [5.41, 5.74) is 0.673. The Kier molecular flexibility index (Phi) is 5.15. The summed E-state index contributed by atoms with van der Waals surface area (Å²) in [6.45, 7) is 0.202. The van der Waals surface area contributed by atoms with E-state index in [1.165, 1.54) is 0 Å². The highest BCUT2D eigenvalue weighted by Gasteiger charge is 2.15. The number of rotatable bonds is 5. The van der Waals surface area contributed by atoms with Crippen LogP contribution in [0.4, 0.5) is 24.5 Å². The van der Waals surface area contributed by atoms with Crippen LogP contribution < -0.4 is 15.5 Å². The second-order valence-corrected chi connectivity index (χ2v) is 5.44. The Balaban J connectivity index is 1.88. The first kappa shape index (κ1) is 16.0. The van der Waals surface area contributed by atoms with Crippen LogP contribution in [-0.4, -0.2) is 35.3 Å². The summed E-state index contributed by atoms with van der Waals surface area (Å²) in [5.74, 6) is 0.769. The molecule has 7 nitrogen and oxygen atoms in total. The van der Waals surface area contributed by atoms with Crippen molar-refractivity contribution in [3.8, 4) is 0 Å². The van der Waals surface area contributed by atoms with Crippen molar-refractivity contribution >= 4 is 28.3 Å². The van der Waals surface area contributed by atoms with Crippen LogP contribution in [-0.2, 0) is 6.54 Å². The number of aromatic nitrogens is 3. The van der Waals surface area contributed by atoms with Crippen LogP contribution >= 0.6 is 11.3 Å². The smallest absolute Gasteiger partial charge is 0.321 e. The number of urea groups is 1. The number of hydrogen-bond donors (Lipinski definition) is 2. The summed E-state index contributed by atoms with van der Waals surface area (Å²) in [6, 6.07) is 4.88. The topological polar surface area (TPSA) is 83.0 Å². The molecule has 0 aliphatic heterocycles. The van der Waals surface area contributed by atoms with Gasteiger partial charge in [0.15, 0.2) is 5.01 Å². The number of nitrogens with zero attached hydrogens (tertiary/aromatic N) is 4. The van der Waals surface area contributed by atoms with E-state index in [1.807, 2.05) is 31.1 Å². The predicted molar refractivity (Wildman–Crippen MR) is 79.3 cm³/mol. The maximum atomic E-state index is 12.4. The number of nitrogens with one attached hydrogen (secondary N) is 2. The molecule has 2 aromatic rings. The SMILES string of the molecule is CN(C)c1cccc(CNC(=O)Nc2nnc(C(F)F)s2)n1. The second kappa shape index (κ2) is 7.07. The largest absolute Gasteiger partial charge is 0.363 e. The Morgan fingerprint density at radius 1 is 1.36 bits per heavy atom. The van der Waals surface area contributed by atoms with Crippen molar-refractivity contribution in [2.75, 3.05) is 24.3 Å². The molecule has 2 N–H and O–H groups in total. The number of halogens is 2. The van der Waals surface area contributed by atoms with E-state index in [9.17, 15) is 13.6 Å². The van der Waals surface area contributed by atoms with Crippen LogP contribution in [0.25, 0.3) is 0 Å². The lowest BCUT2D eigenvalue weighted by Gasteiger charge is -2.12. The lowest BCUT2D eigenvalue weighted by Crippen LogP contribution is -2.28. The van der Waals surface area contributed by atoms with E-state index in [-0.39, 0.29) is 11.7 Å². The maximum Gasteiger partial charge on any atom is 0.321 e. The van der Waals surface area contributed by atoms with Gasteiger partial charge in [-0.2, -0.15) is 0 Å². The molecule has 0 unspecified atom stereocenters. The Morgan fingerprint density at radius 3 is 2.77 bits per heavy atom. The van der Waals surface area contributed by atoms with Gasteiger partial charge >= 0.3 is 6.03 Å². The molecule has 10 heteroatoms. The summed E-state index contributed by atoms with van der Waals surface area (Å²) in [6.07, 6.45) is -2.70. The number of carbonyl (C=O) groups excluding carboxylic acids is 1. The van der Waals surface area contributed by atoms with Gasteiger partial charge in [-0.3, -0.25) is 5.32 Å². The normalized spacial score (nSPS) is 10.6. The summed E-state index contributed by atoms with van der Waals surface area (Å²) in [4.78, 5) is 17.9. The Morgan fingerprint density at radius 2 is 2.14 bits per heavy atom. The molecule has 22 heavy (non-hydrogen) atoms. The zero-order valence-corrected chi connectivity index (χ0v) is 12.7. The van der Waals surface area contributed by atoms with Gasteiger partial charge in [-0.25, -0.2) is 18.6 Å². The van der Waals surface area contributed by atoms with Crippen molar-refractivity contribution in [2.24, 2.45) is 0 Å². The Labute approximate surface area is 129 Å². The van der Waals surface area contributed by atoms with Crippen molar-refractivity contribution in [1.29, 1.82) is 0 Å². The third-order valence-electron chi connectivity index (χ3n) is 2.53. The molecule has 0 spiro atoms. The van der Waals surface area contributed by atoms with Gasteiger partial charge in [-0.1, -0.05) is 17.4 Å². The van der Waals surface area contributed by atoms with E-state index in [1.54, 1.807) is 6.07 Å². The fourth-order valence-electron chi connectivity index (χ4n) is 1.50. The van der Waals surface area contributed by atoms with Gasteiger partial charge in [0.05, 0.1) is 12.2 Å². The van der Waals surface area contributed by atoms with E-state index in [0.29, 0.717) is 17.0 Å². The van der Waals surface area contributed by atoms with Crippen LogP contribution in [0.2, 0.25) is 0 Å². The predicted octanol–water partition coefficient (Wildman–Crippen LogP) is 2.26. The van der Waals surface area contributed by atoms with Gasteiger partial charge in [-0.05, 0) is 12.1 Å². The van der Waals surface area contributed by atoms with E-state index in [2.05, 4.69) is 25.8 Å². The van der Waals surface area contributed by atoms with Crippen LogP contribution in [0.5, 0.6) is 0 Å². The molecule has 2 amide bonds. The minimum Gasteiger partial charge on any atom is -0.363 e. The van der Waals surface area contributed by atoms with Crippen molar-refractivity contribution < 1.29 is 13.6 Å². The number of amides is 2. The minimum atomic E-state index is -2.70. The summed E-state index contributed by atoms with van der Waals surface area (Å²) in [5, 5.41) is 11.2. The van der Waals surface area contributed by atoms with E-state index in [0.717, 1.165) is 5.82 Å². The van der Waals surface area contributed by atoms with E-state index in [4.69, 9.17) is 0 Å². The average Bonchev–Trinajstić information content (AvgIpc) is 2.94. The molecular weight excluding hydrogens is 314 g/mol. The van der Waals surface area contributed by atoms with Gasteiger partial charge in [0.2, 0.25) is 5.13 Å². The molecular formula is C12H14F2N6OS. The number of anilines is 2. The van der Waals surface area contributed by atoms with E-state index < -0.39 is 17.5 Å². The first-order chi connectivity index (χ1) is 10.5. The van der Waals surface area contributed by atoms with Crippen LogP contribution in [0.1, 0.15) is 17.1 Å². The third kappa shape index (κ3) is 4.32. The fourth-order valence-corrected chi connectivity index (χ4v) is 2.09. The molecule has 2 rings (SSSR count). The highest BCUT2D eigenvalue weighted by molar-refractivity contribution is 7.15. The first-order valence-electron chi connectivity index (χ1n) is 6.25. The fraction of sp³-hybridized carbons (Fsp3) is 0.333. The van der Waals surface area contributed by atoms with Gasteiger partial charge in [0, 0.05) is 14.1 Å². The molecule has 0 bridgehead atoms. The van der Waals surface area contributed by atoms with Crippen LogP contribution in [0.3, 0.4) is 0 Å². The van der Waals surface area contributed by atoms with Crippen LogP contribution in [0, 0.1) is 0 Å². The maximum absolute atomic E-state index is 12.4. The van der Waals surface area contributed by atoms with Gasteiger partial charge in [-0.15, -0.1) is 10.2 Å². The van der Waals surface area contributed by atoms with Crippen molar-refractivity contribution in [3.63, 3.8) is 0 Å². The molecule has 2 heterocycles. The molecule has 0 aromatic carbocycles. The number of alkyl halides is 2. The second-order valence-electron chi connectivity index (χ2n) is 4.44. The number of pyridine rings is 1. The average molecular weight is 328 g/mol. The quantitative estimate of drug-likeness (QED) is 0.880. The van der Waals surface area contributed by atoms with Crippen molar-refractivity contribution in [3.05, 3.63) is 28.9 Å².